The summed E-state index contributed by atoms with van der Waals surface area (Å²) in [7, 11) is 0. The van der Waals surface area contributed by atoms with E-state index in [2.05, 4.69) is 32.2 Å². The van der Waals surface area contributed by atoms with E-state index in [9.17, 15) is 0 Å². The summed E-state index contributed by atoms with van der Waals surface area (Å²) in [5.74, 6) is 0.833. The van der Waals surface area contributed by atoms with E-state index in [1.54, 1.807) is 0 Å². The van der Waals surface area contributed by atoms with Crippen LogP contribution in [0.25, 0.3) is 0 Å². The zero-order chi connectivity index (χ0) is 14.9. The SMILES string of the molecule is C=CCOO.CC(C)C.O=C(O)O.O=C(O)O. The van der Waals surface area contributed by atoms with Gasteiger partial charge in [-0.1, -0.05) is 26.8 Å². The van der Waals surface area contributed by atoms with E-state index in [1.807, 2.05) is 0 Å². The molecule has 0 saturated carbocycles. The molecule has 0 bridgehead atoms. The van der Waals surface area contributed by atoms with Crippen molar-refractivity contribution < 1.29 is 40.2 Å². The Balaban J connectivity index is -0.0000000667. The van der Waals surface area contributed by atoms with Crippen LogP contribution in [0.5, 0.6) is 0 Å². The van der Waals surface area contributed by atoms with E-state index in [-0.39, 0.29) is 6.61 Å². The molecule has 0 unspecified atom stereocenters. The molecule has 0 atom stereocenters. The van der Waals surface area contributed by atoms with Gasteiger partial charge in [0.25, 0.3) is 0 Å². The molecule has 17 heavy (non-hydrogen) atoms. The largest absolute Gasteiger partial charge is 0.503 e. The van der Waals surface area contributed by atoms with Gasteiger partial charge >= 0.3 is 12.3 Å². The molecule has 0 radical (unpaired) electrons. The topological polar surface area (TPSA) is 145 Å². The first-order chi connectivity index (χ1) is 7.61. The van der Waals surface area contributed by atoms with Crippen molar-refractivity contribution in [2.24, 2.45) is 5.92 Å². The lowest BCUT2D eigenvalue weighted by Crippen LogP contribution is -1.81. The van der Waals surface area contributed by atoms with Crippen LogP contribution < -0.4 is 0 Å². The molecule has 0 aliphatic carbocycles. The fourth-order valence-electron chi connectivity index (χ4n) is 0.0527. The second kappa shape index (κ2) is 23.8. The van der Waals surface area contributed by atoms with E-state index in [0.29, 0.717) is 0 Å². The average molecular weight is 256 g/mol. The molecule has 0 aromatic rings. The molecule has 0 amide bonds. The summed E-state index contributed by atoms with van der Waals surface area (Å²) in [6.07, 6.45) is -2.21. The van der Waals surface area contributed by atoms with Crippen LogP contribution in [0.2, 0.25) is 0 Å². The van der Waals surface area contributed by atoms with Gasteiger partial charge in [0.2, 0.25) is 0 Å². The summed E-state index contributed by atoms with van der Waals surface area (Å²) in [6.45, 7) is 9.97. The van der Waals surface area contributed by atoms with Gasteiger partial charge in [0.05, 0.1) is 6.61 Å². The fraction of sp³-hybridized carbons (Fsp3) is 0.556. The maximum Gasteiger partial charge on any atom is 0.503 e. The summed E-state index contributed by atoms with van der Waals surface area (Å²) < 4.78 is 0. The molecule has 0 aliphatic heterocycles. The smallest absolute Gasteiger partial charge is 0.450 e. The summed E-state index contributed by atoms with van der Waals surface area (Å²) >= 11 is 0. The van der Waals surface area contributed by atoms with Gasteiger partial charge < -0.3 is 20.4 Å². The van der Waals surface area contributed by atoms with Crippen molar-refractivity contribution in [2.75, 3.05) is 6.61 Å². The highest BCUT2D eigenvalue weighted by Gasteiger charge is 1.70. The molecule has 8 nitrogen and oxygen atoms in total. The van der Waals surface area contributed by atoms with Gasteiger partial charge in [0, 0.05) is 0 Å². The standard InChI is InChI=1S/C4H10.C3H6O2.2CH2O3/c1-4(2)3;1-2-3-5-4;2*2-1(3)4/h4H,1-3H3;2,4H,1,3H2;2*(H2,2,3,4). The lowest BCUT2D eigenvalue weighted by molar-refractivity contribution is -0.231. The highest BCUT2D eigenvalue weighted by atomic mass is 17.1. The first kappa shape index (κ1) is 24.4. The Labute approximate surface area is 99.3 Å². The van der Waals surface area contributed by atoms with Crippen molar-refractivity contribution >= 4 is 12.3 Å². The van der Waals surface area contributed by atoms with Crippen LogP contribution in [0.4, 0.5) is 9.59 Å². The number of rotatable bonds is 2. The highest BCUT2D eigenvalue weighted by molar-refractivity contribution is 5.53. The van der Waals surface area contributed by atoms with E-state index < -0.39 is 12.3 Å². The van der Waals surface area contributed by atoms with Crippen LogP contribution in [0, 0.1) is 5.92 Å². The van der Waals surface area contributed by atoms with Gasteiger partial charge in [0.1, 0.15) is 0 Å². The van der Waals surface area contributed by atoms with Gasteiger partial charge in [-0.05, 0) is 5.92 Å². The highest BCUT2D eigenvalue weighted by Crippen LogP contribution is 1.81. The molecule has 0 saturated heterocycles. The van der Waals surface area contributed by atoms with E-state index in [0.717, 1.165) is 5.92 Å². The van der Waals surface area contributed by atoms with Crippen molar-refractivity contribution in [2.45, 2.75) is 20.8 Å². The Morgan fingerprint density at radius 1 is 1.12 bits per heavy atom. The van der Waals surface area contributed by atoms with E-state index in [4.69, 9.17) is 35.3 Å². The average Bonchev–Trinajstić information content (AvgIpc) is 2.01. The normalized spacial score (nSPS) is 7.12. The number of hydrogen-bond donors (Lipinski definition) is 5. The minimum absolute atomic E-state index is 0.208. The van der Waals surface area contributed by atoms with Crippen molar-refractivity contribution in [1.29, 1.82) is 0 Å². The Bertz CT molecular complexity index is 155. The fourth-order valence-corrected chi connectivity index (χ4v) is 0.0527. The molecule has 5 N–H and O–H groups in total. The second-order valence-electron chi connectivity index (χ2n) is 2.88. The third-order valence-electron chi connectivity index (χ3n) is 0.192. The Morgan fingerprint density at radius 3 is 1.29 bits per heavy atom. The Morgan fingerprint density at radius 2 is 1.29 bits per heavy atom. The predicted octanol–water partition coefficient (Wildman–Crippen LogP) is 2.77. The molecule has 0 aliphatic rings. The van der Waals surface area contributed by atoms with Crippen LogP contribution >= 0.6 is 0 Å². The molecular formula is C9H20O8. The number of carboxylic acid groups (broad SMARTS) is 4. The molecule has 0 aromatic carbocycles. The Hall–Kier alpha value is -1.80. The lowest BCUT2D eigenvalue weighted by atomic mass is 10.3. The maximum atomic E-state index is 8.56. The molecule has 104 valence electrons. The minimum atomic E-state index is -1.83. The van der Waals surface area contributed by atoms with Crippen LogP contribution in [-0.4, -0.2) is 44.6 Å². The summed E-state index contributed by atoms with van der Waals surface area (Å²) in [4.78, 5) is 20.7. The molecule has 0 rings (SSSR count). The van der Waals surface area contributed by atoms with Gasteiger partial charge in [-0.3, -0.25) is 5.26 Å². The molecular weight excluding hydrogens is 236 g/mol. The van der Waals surface area contributed by atoms with Crippen molar-refractivity contribution in [1.82, 2.24) is 0 Å². The van der Waals surface area contributed by atoms with Crippen molar-refractivity contribution in [3.8, 4) is 0 Å². The number of hydrogen-bond acceptors (Lipinski definition) is 4. The first-order valence-electron chi connectivity index (χ1n) is 4.32. The van der Waals surface area contributed by atoms with Crippen molar-refractivity contribution in [3.63, 3.8) is 0 Å². The van der Waals surface area contributed by atoms with Gasteiger partial charge in [-0.2, -0.15) is 0 Å². The number of carbonyl (C=O) groups is 2. The van der Waals surface area contributed by atoms with E-state index in [1.165, 1.54) is 6.08 Å². The molecule has 0 fully saturated rings. The zero-order valence-corrected chi connectivity index (χ0v) is 10.0. The zero-order valence-electron chi connectivity index (χ0n) is 10.0. The van der Waals surface area contributed by atoms with Crippen LogP contribution in [0.1, 0.15) is 20.8 Å². The summed E-state index contributed by atoms with van der Waals surface area (Å²) in [5, 5.41) is 35.4. The minimum Gasteiger partial charge on any atom is -0.450 e. The summed E-state index contributed by atoms with van der Waals surface area (Å²) in [5.41, 5.74) is 0. The maximum absolute atomic E-state index is 8.56. The molecule has 8 heteroatoms. The first-order valence-corrected chi connectivity index (χ1v) is 4.32. The molecule has 0 spiro atoms. The van der Waals surface area contributed by atoms with Gasteiger partial charge in [-0.25, -0.2) is 14.5 Å². The van der Waals surface area contributed by atoms with Crippen LogP contribution in [0.3, 0.4) is 0 Å². The van der Waals surface area contributed by atoms with Gasteiger partial charge in [-0.15, -0.1) is 6.58 Å². The monoisotopic (exact) mass is 256 g/mol. The van der Waals surface area contributed by atoms with Crippen molar-refractivity contribution in [3.05, 3.63) is 12.7 Å². The van der Waals surface area contributed by atoms with Gasteiger partial charge in [0.15, 0.2) is 0 Å². The van der Waals surface area contributed by atoms with E-state index >= 15 is 0 Å². The lowest BCUT2D eigenvalue weighted by Gasteiger charge is -1.79. The van der Waals surface area contributed by atoms with Crippen LogP contribution in [-0.2, 0) is 4.89 Å². The quantitative estimate of drug-likeness (QED) is 0.288. The van der Waals surface area contributed by atoms with Crippen LogP contribution in [0.15, 0.2) is 12.7 Å². The summed E-state index contributed by atoms with van der Waals surface area (Å²) in [6, 6.07) is 0. The molecule has 0 heterocycles. The Kier molecular flexibility index (Phi) is 34.2. The third-order valence-corrected chi connectivity index (χ3v) is 0.192. The molecule has 0 aromatic heterocycles. The second-order valence-corrected chi connectivity index (χ2v) is 2.88. The third kappa shape index (κ3) is 52800. The predicted molar refractivity (Wildman–Crippen MR) is 60.6 cm³/mol.